The van der Waals surface area contributed by atoms with Crippen molar-refractivity contribution in [2.24, 2.45) is 5.73 Å². The molecule has 0 radical (unpaired) electrons. The molecule has 2 N–H and O–H groups in total. The zero-order chi connectivity index (χ0) is 14.1. The van der Waals surface area contributed by atoms with Crippen LogP contribution < -0.4 is 5.73 Å². The van der Waals surface area contributed by atoms with Gasteiger partial charge >= 0.3 is 0 Å². The van der Waals surface area contributed by atoms with Gasteiger partial charge in [0, 0.05) is 22.3 Å². The van der Waals surface area contributed by atoms with Crippen molar-refractivity contribution < 1.29 is 0 Å². The van der Waals surface area contributed by atoms with Gasteiger partial charge in [-0.2, -0.15) is 0 Å². The number of nitrogens with two attached hydrogens (primary N) is 1. The molecule has 20 heavy (non-hydrogen) atoms. The summed E-state index contributed by atoms with van der Waals surface area (Å²) >= 11 is 3.52. The fraction of sp³-hybridized carbons (Fsp3) is 0.118. The van der Waals surface area contributed by atoms with E-state index in [-0.39, 0.29) is 6.04 Å². The lowest BCUT2D eigenvalue weighted by atomic mass is 9.94. The molecule has 1 atom stereocenters. The van der Waals surface area contributed by atoms with Gasteiger partial charge in [-0.25, -0.2) is 0 Å². The van der Waals surface area contributed by atoms with Crippen LogP contribution in [0.2, 0.25) is 0 Å². The standard InChI is InChI=1S/C17H15BrN2/c1-11-6-7-13(18)8-15(11)17(19)16-10-20-9-12-4-2-3-5-14(12)16/h2-10,17H,19H2,1H3. The van der Waals surface area contributed by atoms with Crippen molar-refractivity contribution in [3.63, 3.8) is 0 Å². The number of halogens is 1. The molecule has 1 aromatic heterocycles. The molecule has 3 aromatic rings. The van der Waals surface area contributed by atoms with Gasteiger partial charge in [-0.1, -0.05) is 46.3 Å². The maximum atomic E-state index is 6.49. The Labute approximate surface area is 126 Å². The van der Waals surface area contributed by atoms with Crippen LogP contribution in [-0.2, 0) is 0 Å². The lowest BCUT2D eigenvalue weighted by Gasteiger charge is -2.17. The van der Waals surface area contributed by atoms with E-state index in [4.69, 9.17) is 5.73 Å². The molecule has 2 aromatic carbocycles. The molecule has 3 heteroatoms. The van der Waals surface area contributed by atoms with Crippen molar-refractivity contribution in [3.05, 3.63) is 76.0 Å². The first-order valence-corrected chi connectivity index (χ1v) is 7.30. The zero-order valence-electron chi connectivity index (χ0n) is 11.2. The fourth-order valence-corrected chi connectivity index (χ4v) is 2.88. The molecule has 1 heterocycles. The molecule has 0 saturated heterocycles. The van der Waals surface area contributed by atoms with Crippen molar-refractivity contribution in [1.29, 1.82) is 0 Å². The predicted molar refractivity (Wildman–Crippen MR) is 86.7 cm³/mol. The Morgan fingerprint density at radius 3 is 2.70 bits per heavy atom. The van der Waals surface area contributed by atoms with Gasteiger partial charge in [-0.05, 0) is 41.1 Å². The van der Waals surface area contributed by atoms with E-state index in [1.807, 2.05) is 30.6 Å². The van der Waals surface area contributed by atoms with Crippen LogP contribution in [0.5, 0.6) is 0 Å². The molecule has 0 spiro atoms. The van der Waals surface area contributed by atoms with E-state index in [1.54, 1.807) is 0 Å². The second-order valence-electron chi connectivity index (χ2n) is 4.93. The third-order valence-electron chi connectivity index (χ3n) is 3.61. The van der Waals surface area contributed by atoms with Crippen molar-refractivity contribution in [1.82, 2.24) is 4.98 Å². The lowest BCUT2D eigenvalue weighted by molar-refractivity contribution is 0.863. The van der Waals surface area contributed by atoms with Crippen molar-refractivity contribution in [2.45, 2.75) is 13.0 Å². The fourth-order valence-electron chi connectivity index (χ4n) is 2.50. The van der Waals surface area contributed by atoms with Crippen LogP contribution in [0, 0.1) is 6.92 Å². The smallest absolute Gasteiger partial charge is 0.0576 e. The van der Waals surface area contributed by atoms with Crippen LogP contribution in [-0.4, -0.2) is 4.98 Å². The Morgan fingerprint density at radius 1 is 1.05 bits per heavy atom. The summed E-state index contributed by atoms with van der Waals surface area (Å²) in [5.74, 6) is 0. The number of fused-ring (bicyclic) bond motifs is 1. The highest BCUT2D eigenvalue weighted by molar-refractivity contribution is 9.10. The van der Waals surface area contributed by atoms with E-state index in [1.165, 1.54) is 5.56 Å². The van der Waals surface area contributed by atoms with Crippen molar-refractivity contribution in [2.75, 3.05) is 0 Å². The average molecular weight is 327 g/mol. The van der Waals surface area contributed by atoms with Crippen LogP contribution >= 0.6 is 15.9 Å². The van der Waals surface area contributed by atoms with E-state index in [9.17, 15) is 0 Å². The third-order valence-corrected chi connectivity index (χ3v) is 4.10. The minimum atomic E-state index is -0.175. The quantitative estimate of drug-likeness (QED) is 0.760. The molecular formula is C17H15BrN2. The van der Waals surface area contributed by atoms with E-state index in [0.29, 0.717) is 0 Å². The summed E-state index contributed by atoms with van der Waals surface area (Å²) in [5.41, 5.74) is 9.86. The molecule has 100 valence electrons. The summed E-state index contributed by atoms with van der Waals surface area (Å²) in [4.78, 5) is 4.32. The number of nitrogens with zero attached hydrogens (tertiary/aromatic N) is 1. The maximum absolute atomic E-state index is 6.49. The Kier molecular flexibility index (Phi) is 3.55. The topological polar surface area (TPSA) is 38.9 Å². The second kappa shape index (κ2) is 5.35. The summed E-state index contributed by atoms with van der Waals surface area (Å²) in [7, 11) is 0. The largest absolute Gasteiger partial charge is 0.320 e. The lowest BCUT2D eigenvalue weighted by Crippen LogP contribution is -2.14. The van der Waals surface area contributed by atoms with Gasteiger partial charge < -0.3 is 5.73 Å². The van der Waals surface area contributed by atoms with E-state index < -0.39 is 0 Å². The molecule has 0 bridgehead atoms. The highest BCUT2D eigenvalue weighted by Crippen LogP contribution is 2.29. The summed E-state index contributed by atoms with van der Waals surface area (Å²) in [5, 5.41) is 2.28. The number of aryl methyl sites for hydroxylation is 1. The Morgan fingerprint density at radius 2 is 1.85 bits per heavy atom. The maximum Gasteiger partial charge on any atom is 0.0576 e. The molecule has 0 fully saturated rings. The van der Waals surface area contributed by atoms with Crippen molar-refractivity contribution in [3.8, 4) is 0 Å². The molecule has 0 aliphatic carbocycles. The number of hydrogen-bond acceptors (Lipinski definition) is 2. The van der Waals surface area contributed by atoms with Gasteiger partial charge in [-0.15, -0.1) is 0 Å². The monoisotopic (exact) mass is 326 g/mol. The Balaban J connectivity index is 2.17. The molecule has 2 nitrogen and oxygen atoms in total. The van der Waals surface area contributed by atoms with Gasteiger partial charge in [0.05, 0.1) is 6.04 Å². The first-order chi connectivity index (χ1) is 9.66. The van der Waals surface area contributed by atoms with Crippen LogP contribution in [0.25, 0.3) is 10.8 Å². The van der Waals surface area contributed by atoms with Gasteiger partial charge in [0.1, 0.15) is 0 Å². The second-order valence-corrected chi connectivity index (χ2v) is 5.84. The number of hydrogen-bond donors (Lipinski definition) is 1. The molecule has 1 unspecified atom stereocenters. The minimum absolute atomic E-state index is 0.175. The van der Waals surface area contributed by atoms with E-state index >= 15 is 0 Å². The SMILES string of the molecule is Cc1ccc(Br)cc1C(N)c1cncc2ccccc12. The molecule has 3 rings (SSSR count). The molecular weight excluding hydrogens is 312 g/mol. The molecule has 0 amide bonds. The number of rotatable bonds is 2. The van der Waals surface area contributed by atoms with Gasteiger partial charge in [-0.3, -0.25) is 4.98 Å². The van der Waals surface area contributed by atoms with Gasteiger partial charge in [0.2, 0.25) is 0 Å². The van der Waals surface area contributed by atoms with Crippen LogP contribution in [0.1, 0.15) is 22.7 Å². The molecule has 0 aliphatic heterocycles. The number of pyridine rings is 1. The van der Waals surface area contributed by atoms with Crippen molar-refractivity contribution >= 4 is 26.7 Å². The Hall–Kier alpha value is -1.71. The first kappa shape index (κ1) is 13.3. The van der Waals surface area contributed by atoms with Gasteiger partial charge in [0.25, 0.3) is 0 Å². The zero-order valence-corrected chi connectivity index (χ0v) is 12.8. The normalized spacial score (nSPS) is 12.6. The summed E-state index contributed by atoms with van der Waals surface area (Å²) < 4.78 is 1.04. The highest BCUT2D eigenvalue weighted by Gasteiger charge is 2.14. The van der Waals surface area contributed by atoms with Crippen LogP contribution in [0.3, 0.4) is 0 Å². The number of benzene rings is 2. The van der Waals surface area contributed by atoms with E-state index in [2.05, 4.69) is 52.1 Å². The Bertz CT molecular complexity index is 763. The molecule has 0 saturated carbocycles. The van der Waals surface area contributed by atoms with E-state index in [0.717, 1.165) is 26.4 Å². The summed E-state index contributed by atoms with van der Waals surface area (Å²) in [6.07, 6.45) is 3.74. The van der Waals surface area contributed by atoms with Crippen LogP contribution in [0.15, 0.2) is 59.3 Å². The minimum Gasteiger partial charge on any atom is -0.320 e. The predicted octanol–water partition coefficient (Wildman–Crippen LogP) is 4.35. The van der Waals surface area contributed by atoms with Crippen LogP contribution in [0.4, 0.5) is 0 Å². The van der Waals surface area contributed by atoms with Gasteiger partial charge in [0.15, 0.2) is 0 Å². The summed E-state index contributed by atoms with van der Waals surface area (Å²) in [6, 6.07) is 14.2. The average Bonchev–Trinajstić information content (AvgIpc) is 2.48. The first-order valence-electron chi connectivity index (χ1n) is 6.51. The highest BCUT2D eigenvalue weighted by atomic mass is 79.9. The molecule has 0 aliphatic rings. The summed E-state index contributed by atoms with van der Waals surface area (Å²) in [6.45, 7) is 2.08. The number of aromatic nitrogens is 1. The third kappa shape index (κ3) is 2.35.